The van der Waals surface area contributed by atoms with Crippen LogP contribution in [0, 0.1) is 0 Å². The Morgan fingerprint density at radius 1 is 1.12 bits per heavy atom. The van der Waals surface area contributed by atoms with Gasteiger partial charge in [0.05, 0.1) is 4.90 Å². The summed E-state index contributed by atoms with van der Waals surface area (Å²) < 4.78 is 23.2. The molecule has 0 atom stereocenters. The number of phenolic OH excluding ortho intramolecular Hbond substituents is 1. The molecule has 8 nitrogen and oxygen atoms in total. The van der Waals surface area contributed by atoms with Gasteiger partial charge in [-0.2, -0.15) is 0 Å². The molecule has 0 radical (unpaired) electrons. The molecule has 3 N–H and O–H groups in total. The predicted octanol–water partition coefficient (Wildman–Crippen LogP) is 3.31. The highest BCUT2D eigenvalue weighted by Gasteiger charge is 2.15. The molecular weight excluding hydrogens is 358 g/mol. The predicted molar refractivity (Wildman–Crippen MR) is 96.1 cm³/mol. The van der Waals surface area contributed by atoms with Crippen molar-refractivity contribution in [1.82, 2.24) is 0 Å². The van der Waals surface area contributed by atoms with Gasteiger partial charge in [0.1, 0.15) is 17.2 Å². The lowest BCUT2D eigenvalue weighted by Crippen LogP contribution is -2.14. The number of para-hydroxylation sites is 1. The maximum absolute atomic E-state index is 12.2. The van der Waals surface area contributed by atoms with Crippen molar-refractivity contribution < 1.29 is 23.4 Å². The van der Waals surface area contributed by atoms with Gasteiger partial charge in [-0.15, -0.1) is 10.2 Å². The summed E-state index contributed by atoms with van der Waals surface area (Å²) in [6.45, 7) is 1.26. The van der Waals surface area contributed by atoms with E-state index in [0.717, 1.165) is 18.4 Å². The van der Waals surface area contributed by atoms with Crippen molar-refractivity contribution in [2.75, 3.05) is 11.6 Å². The molecule has 0 saturated heterocycles. The van der Waals surface area contributed by atoms with E-state index in [0.29, 0.717) is 5.69 Å². The lowest BCUT2D eigenvalue weighted by Gasteiger charge is -2.06. The number of azo groups is 1. The van der Waals surface area contributed by atoms with Crippen LogP contribution in [-0.2, 0) is 14.6 Å². The molecule has 0 bridgehead atoms. The first-order valence-electron chi connectivity index (χ1n) is 7.39. The molecule has 26 heavy (non-hydrogen) atoms. The number of hydrogen-bond donors (Lipinski definition) is 3. The Bertz CT molecular complexity index is 979. The van der Waals surface area contributed by atoms with E-state index < -0.39 is 15.7 Å². The fourth-order valence-electron chi connectivity index (χ4n) is 1.91. The average molecular weight is 375 g/mol. The van der Waals surface area contributed by atoms with Crippen LogP contribution >= 0.6 is 0 Å². The highest BCUT2D eigenvalue weighted by molar-refractivity contribution is 7.90. The smallest absolute Gasteiger partial charge is 0.279 e. The van der Waals surface area contributed by atoms with Gasteiger partial charge >= 0.3 is 0 Å². The second kappa shape index (κ2) is 7.79. The van der Waals surface area contributed by atoms with Crippen LogP contribution in [0.15, 0.2) is 75.1 Å². The zero-order valence-electron chi connectivity index (χ0n) is 14.0. The van der Waals surface area contributed by atoms with Crippen LogP contribution in [0.2, 0.25) is 0 Å². The van der Waals surface area contributed by atoms with Crippen LogP contribution in [0.3, 0.4) is 0 Å². The van der Waals surface area contributed by atoms with E-state index in [9.17, 15) is 23.4 Å². The number of aromatic hydroxyl groups is 1. The number of aliphatic hydroxyl groups excluding tert-OH is 1. The molecule has 0 unspecified atom stereocenters. The van der Waals surface area contributed by atoms with Crippen LogP contribution in [0.25, 0.3) is 0 Å². The van der Waals surface area contributed by atoms with Crippen molar-refractivity contribution in [2.24, 2.45) is 10.2 Å². The van der Waals surface area contributed by atoms with Crippen molar-refractivity contribution in [3.8, 4) is 5.75 Å². The maximum Gasteiger partial charge on any atom is 0.279 e. The van der Waals surface area contributed by atoms with Crippen LogP contribution in [0.4, 0.5) is 11.4 Å². The standard InChI is InChI=1S/C17H17N3O5S/c1-11(21)16(17(23)18-12-6-4-3-5-7-12)20-19-14-10-13(26(2,24)25)8-9-15(14)22/h3-10,21-22H,1-2H3,(H,18,23). The molecule has 0 fully saturated rings. The molecule has 9 heteroatoms. The Balaban J connectivity index is 2.31. The van der Waals surface area contributed by atoms with Crippen LogP contribution < -0.4 is 5.32 Å². The summed E-state index contributed by atoms with van der Waals surface area (Å²) in [7, 11) is -3.51. The number of sulfone groups is 1. The quantitative estimate of drug-likeness (QED) is 0.419. The fraction of sp³-hybridized carbons (Fsp3) is 0.118. The third-order valence-corrected chi connectivity index (χ3v) is 4.33. The molecule has 0 aliphatic carbocycles. The Morgan fingerprint density at radius 2 is 1.77 bits per heavy atom. The first-order chi connectivity index (χ1) is 12.2. The molecule has 0 aliphatic rings. The minimum atomic E-state index is -3.51. The highest BCUT2D eigenvalue weighted by Crippen LogP contribution is 2.30. The van der Waals surface area contributed by atoms with Gasteiger partial charge in [-0.3, -0.25) is 4.79 Å². The third kappa shape index (κ3) is 4.90. The summed E-state index contributed by atoms with van der Waals surface area (Å²) in [5.74, 6) is -1.42. The first kappa shape index (κ1) is 19.1. The molecule has 136 valence electrons. The monoisotopic (exact) mass is 375 g/mol. The number of phenols is 1. The lowest BCUT2D eigenvalue weighted by atomic mass is 10.3. The van der Waals surface area contributed by atoms with E-state index >= 15 is 0 Å². The second-order valence-electron chi connectivity index (χ2n) is 5.38. The summed E-state index contributed by atoms with van der Waals surface area (Å²) in [5.41, 5.74) is -0.0365. The number of carbonyl (C=O) groups excluding carboxylic acids is 1. The zero-order valence-corrected chi connectivity index (χ0v) is 14.9. The molecule has 2 rings (SSSR count). The van der Waals surface area contributed by atoms with E-state index in [2.05, 4.69) is 15.5 Å². The Kier molecular flexibility index (Phi) is 5.73. The first-order valence-corrected chi connectivity index (χ1v) is 9.28. The molecule has 2 aromatic rings. The van der Waals surface area contributed by atoms with E-state index in [1.807, 2.05) is 0 Å². The number of hydrogen-bond acceptors (Lipinski definition) is 7. The molecular formula is C17H17N3O5S. The zero-order chi connectivity index (χ0) is 19.3. The van der Waals surface area contributed by atoms with Gasteiger partial charge in [0.15, 0.2) is 15.5 Å². The minimum absolute atomic E-state index is 0.0655. The van der Waals surface area contributed by atoms with Gasteiger partial charge in [-0.05, 0) is 37.3 Å². The molecule has 1 amide bonds. The third-order valence-electron chi connectivity index (χ3n) is 3.22. The fourth-order valence-corrected chi connectivity index (χ4v) is 2.55. The molecule has 0 aromatic heterocycles. The molecule has 0 aliphatic heterocycles. The van der Waals surface area contributed by atoms with Gasteiger partial charge in [-0.1, -0.05) is 18.2 Å². The summed E-state index contributed by atoms with van der Waals surface area (Å²) in [6.07, 6.45) is 1.01. The van der Waals surface area contributed by atoms with Crippen molar-refractivity contribution >= 4 is 27.1 Å². The van der Waals surface area contributed by atoms with Crippen molar-refractivity contribution in [3.05, 3.63) is 60.0 Å². The van der Waals surface area contributed by atoms with E-state index in [-0.39, 0.29) is 27.8 Å². The topological polar surface area (TPSA) is 128 Å². The molecule has 2 aromatic carbocycles. The van der Waals surface area contributed by atoms with Crippen LogP contribution in [-0.4, -0.2) is 30.8 Å². The minimum Gasteiger partial charge on any atom is -0.510 e. The number of nitrogens with one attached hydrogen (secondary N) is 1. The second-order valence-corrected chi connectivity index (χ2v) is 7.39. The van der Waals surface area contributed by atoms with Crippen LogP contribution in [0.1, 0.15) is 6.92 Å². The SMILES string of the molecule is CC(O)=C(N=Nc1cc(S(C)(=O)=O)ccc1O)C(=O)Nc1ccccc1. The lowest BCUT2D eigenvalue weighted by molar-refractivity contribution is -0.113. The summed E-state index contributed by atoms with van der Waals surface area (Å²) >= 11 is 0. The number of carbonyl (C=O) groups is 1. The van der Waals surface area contributed by atoms with Gasteiger partial charge in [-0.25, -0.2) is 8.42 Å². The number of anilines is 1. The number of nitrogens with zero attached hydrogens (tertiary/aromatic N) is 2. The highest BCUT2D eigenvalue weighted by atomic mass is 32.2. The Hall–Kier alpha value is -3.20. The number of benzene rings is 2. The molecule has 0 saturated carbocycles. The van der Waals surface area contributed by atoms with E-state index in [1.165, 1.54) is 13.0 Å². The van der Waals surface area contributed by atoms with E-state index in [1.54, 1.807) is 30.3 Å². The van der Waals surface area contributed by atoms with Crippen molar-refractivity contribution in [2.45, 2.75) is 11.8 Å². The van der Waals surface area contributed by atoms with Gasteiger partial charge in [0, 0.05) is 11.9 Å². The average Bonchev–Trinajstić information content (AvgIpc) is 2.56. The normalized spacial score (nSPS) is 12.7. The summed E-state index contributed by atoms with van der Waals surface area (Å²) in [5, 5.41) is 29.4. The number of amides is 1. The Morgan fingerprint density at radius 3 is 2.35 bits per heavy atom. The molecule has 0 spiro atoms. The number of allylic oxidation sites excluding steroid dienone is 1. The molecule has 0 heterocycles. The van der Waals surface area contributed by atoms with Gasteiger partial charge in [0.2, 0.25) is 0 Å². The maximum atomic E-state index is 12.2. The van der Waals surface area contributed by atoms with Gasteiger partial charge < -0.3 is 15.5 Å². The summed E-state index contributed by atoms with van der Waals surface area (Å²) in [6, 6.07) is 12.0. The van der Waals surface area contributed by atoms with Crippen molar-refractivity contribution in [1.29, 1.82) is 0 Å². The van der Waals surface area contributed by atoms with Crippen molar-refractivity contribution in [3.63, 3.8) is 0 Å². The van der Waals surface area contributed by atoms with Gasteiger partial charge in [0.25, 0.3) is 5.91 Å². The Labute approximate surface area is 150 Å². The largest absolute Gasteiger partial charge is 0.510 e. The van der Waals surface area contributed by atoms with E-state index in [4.69, 9.17) is 0 Å². The number of aliphatic hydroxyl groups is 1. The summed E-state index contributed by atoms with van der Waals surface area (Å²) in [4.78, 5) is 12.2. The van der Waals surface area contributed by atoms with Crippen LogP contribution in [0.5, 0.6) is 5.75 Å². The number of rotatable bonds is 5.